The third kappa shape index (κ3) is 3.12. The quantitative estimate of drug-likeness (QED) is 0.907. The average molecular weight is 282 g/mol. The maximum atomic E-state index is 12.1. The lowest BCUT2D eigenvalue weighted by Gasteiger charge is -2.14. The van der Waals surface area contributed by atoms with Crippen LogP contribution in [0.3, 0.4) is 0 Å². The van der Waals surface area contributed by atoms with Crippen LogP contribution in [0, 0.1) is 11.8 Å². The third-order valence-corrected chi connectivity index (χ3v) is 4.56. The molecule has 104 valence electrons. The Morgan fingerprint density at radius 1 is 1.53 bits per heavy atom. The average Bonchev–Trinajstić information content (AvgIpc) is 2.95. The summed E-state index contributed by atoms with van der Waals surface area (Å²) in [5.41, 5.74) is 0.790. The number of carboxylic acids is 1. The number of amides is 1. The predicted molar refractivity (Wildman–Crippen MR) is 72.1 cm³/mol. The van der Waals surface area contributed by atoms with Gasteiger partial charge in [0.2, 0.25) is 5.91 Å². The lowest BCUT2D eigenvalue weighted by Crippen LogP contribution is -2.31. The highest BCUT2D eigenvalue weighted by Gasteiger charge is 2.36. The number of nitrogens with zero attached hydrogens (tertiary/aromatic N) is 2. The number of hydrogen-bond donors (Lipinski definition) is 1. The SMILES string of the molecule is CCc1nc(CC(=O)N2C[C@@H](C)[C@H](C(=O)O)C2)cs1. The van der Waals surface area contributed by atoms with Crippen molar-refractivity contribution in [2.75, 3.05) is 13.1 Å². The van der Waals surface area contributed by atoms with E-state index in [0.717, 1.165) is 17.1 Å². The van der Waals surface area contributed by atoms with E-state index < -0.39 is 11.9 Å². The van der Waals surface area contributed by atoms with Crippen LogP contribution in [0.5, 0.6) is 0 Å². The first-order chi connectivity index (χ1) is 9.01. The molecule has 19 heavy (non-hydrogen) atoms. The Kier molecular flexibility index (Phi) is 4.19. The van der Waals surface area contributed by atoms with Crippen LogP contribution in [0.4, 0.5) is 0 Å². The monoisotopic (exact) mass is 282 g/mol. The number of aromatic nitrogens is 1. The maximum absolute atomic E-state index is 12.1. The van der Waals surface area contributed by atoms with Crippen LogP contribution in [0.15, 0.2) is 5.38 Å². The first-order valence-corrected chi connectivity index (χ1v) is 7.33. The number of likely N-dealkylation sites (tertiary alicyclic amines) is 1. The smallest absolute Gasteiger partial charge is 0.308 e. The summed E-state index contributed by atoms with van der Waals surface area (Å²) in [5.74, 6) is -1.26. The lowest BCUT2D eigenvalue weighted by molar-refractivity contribution is -0.142. The maximum Gasteiger partial charge on any atom is 0.308 e. The van der Waals surface area contributed by atoms with Crippen molar-refractivity contribution >= 4 is 23.2 Å². The van der Waals surface area contributed by atoms with Crippen LogP contribution in [0.2, 0.25) is 0 Å². The first kappa shape index (κ1) is 14.0. The van der Waals surface area contributed by atoms with Gasteiger partial charge in [0, 0.05) is 18.5 Å². The summed E-state index contributed by atoms with van der Waals surface area (Å²) >= 11 is 1.56. The van der Waals surface area contributed by atoms with E-state index in [1.54, 1.807) is 16.2 Å². The summed E-state index contributed by atoms with van der Waals surface area (Å²) in [6.45, 7) is 4.76. The molecule has 1 aromatic heterocycles. The molecule has 2 atom stereocenters. The number of thiazole rings is 1. The molecule has 0 aliphatic carbocycles. The van der Waals surface area contributed by atoms with Crippen LogP contribution in [0.1, 0.15) is 24.5 Å². The van der Waals surface area contributed by atoms with E-state index in [1.807, 2.05) is 19.2 Å². The van der Waals surface area contributed by atoms with Crippen molar-refractivity contribution in [1.29, 1.82) is 0 Å². The minimum atomic E-state index is -0.815. The van der Waals surface area contributed by atoms with E-state index in [1.165, 1.54) is 0 Å². The fourth-order valence-corrected chi connectivity index (χ4v) is 3.10. The van der Waals surface area contributed by atoms with Gasteiger partial charge in [0.05, 0.1) is 23.0 Å². The van der Waals surface area contributed by atoms with Crippen molar-refractivity contribution in [2.24, 2.45) is 11.8 Å². The van der Waals surface area contributed by atoms with Gasteiger partial charge in [-0.1, -0.05) is 13.8 Å². The summed E-state index contributed by atoms with van der Waals surface area (Å²) in [4.78, 5) is 29.2. The van der Waals surface area contributed by atoms with E-state index in [0.29, 0.717) is 13.1 Å². The molecule has 0 aromatic carbocycles. The van der Waals surface area contributed by atoms with Gasteiger partial charge in [0.15, 0.2) is 0 Å². The van der Waals surface area contributed by atoms with Gasteiger partial charge in [-0.2, -0.15) is 0 Å². The van der Waals surface area contributed by atoms with Crippen LogP contribution < -0.4 is 0 Å². The Morgan fingerprint density at radius 3 is 2.79 bits per heavy atom. The summed E-state index contributed by atoms with van der Waals surface area (Å²) in [5, 5.41) is 12.0. The van der Waals surface area contributed by atoms with Gasteiger partial charge >= 0.3 is 5.97 Å². The zero-order chi connectivity index (χ0) is 14.0. The fourth-order valence-electron chi connectivity index (χ4n) is 2.35. The molecule has 1 saturated heterocycles. The molecule has 2 rings (SSSR count). The molecule has 1 aliphatic rings. The lowest BCUT2D eigenvalue weighted by atomic mass is 9.99. The van der Waals surface area contributed by atoms with Gasteiger partial charge in [0.25, 0.3) is 0 Å². The summed E-state index contributed by atoms with van der Waals surface area (Å²) in [6, 6.07) is 0. The van der Waals surface area contributed by atoms with E-state index >= 15 is 0 Å². The Labute approximate surface area is 116 Å². The standard InChI is InChI=1S/C13H18N2O3S/c1-3-11-14-9(7-19-11)4-12(16)15-5-8(2)10(6-15)13(17)18/h7-8,10H,3-6H2,1-2H3,(H,17,18)/t8-,10-/m1/s1. The van der Waals surface area contributed by atoms with E-state index in [4.69, 9.17) is 5.11 Å². The molecular formula is C13H18N2O3S. The highest BCUT2D eigenvalue weighted by Crippen LogP contribution is 2.24. The zero-order valence-electron chi connectivity index (χ0n) is 11.1. The van der Waals surface area contributed by atoms with Gasteiger partial charge in [0.1, 0.15) is 0 Å². The molecule has 0 unspecified atom stereocenters. The number of carbonyl (C=O) groups excluding carboxylic acids is 1. The molecule has 1 aromatic rings. The van der Waals surface area contributed by atoms with Crippen molar-refractivity contribution in [3.63, 3.8) is 0 Å². The van der Waals surface area contributed by atoms with E-state index in [-0.39, 0.29) is 18.2 Å². The molecule has 0 radical (unpaired) electrons. The molecule has 5 nitrogen and oxygen atoms in total. The second kappa shape index (κ2) is 5.69. The predicted octanol–water partition coefficient (Wildman–Crippen LogP) is 1.43. The second-order valence-corrected chi connectivity index (χ2v) is 5.93. The van der Waals surface area contributed by atoms with Gasteiger partial charge in [-0.05, 0) is 12.3 Å². The van der Waals surface area contributed by atoms with E-state index in [2.05, 4.69) is 4.98 Å². The molecule has 1 N–H and O–H groups in total. The topological polar surface area (TPSA) is 70.5 Å². The van der Waals surface area contributed by atoms with Crippen LogP contribution in [-0.2, 0) is 22.4 Å². The second-order valence-electron chi connectivity index (χ2n) is 4.98. The van der Waals surface area contributed by atoms with Gasteiger partial charge in [-0.3, -0.25) is 9.59 Å². The number of rotatable bonds is 4. The van der Waals surface area contributed by atoms with Crippen molar-refractivity contribution in [3.05, 3.63) is 16.1 Å². The van der Waals surface area contributed by atoms with Gasteiger partial charge in [-0.15, -0.1) is 11.3 Å². The third-order valence-electron chi connectivity index (χ3n) is 3.52. The Balaban J connectivity index is 1.96. The normalized spacial score (nSPS) is 22.7. The Hall–Kier alpha value is -1.43. The molecular weight excluding hydrogens is 264 g/mol. The molecule has 0 spiro atoms. The Bertz CT molecular complexity index is 486. The van der Waals surface area contributed by atoms with Crippen LogP contribution in [-0.4, -0.2) is 40.0 Å². The number of carbonyl (C=O) groups is 2. The van der Waals surface area contributed by atoms with Crippen molar-refractivity contribution in [1.82, 2.24) is 9.88 Å². The van der Waals surface area contributed by atoms with Gasteiger partial charge in [-0.25, -0.2) is 4.98 Å². The van der Waals surface area contributed by atoms with Crippen molar-refractivity contribution in [3.8, 4) is 0 Å². The molecule has 2 heterocycles. The summed E-state index contributed by atoms with van der Waals surface area (Å²) < 4.78 is 0. The molecule has 1 fully saturated rings. The zero-order valence-corrected chi connectivity index (χ0v) is 11.9. The summed E-state index contributed by atoms with van der Waals surface area (Å²) in [7, 11) is 0. The number of hydrogen-bond acceptors (Lipinski definition) is 4. The highest BCUT2D eigenvalue weighted by atomic mass is 32.1. The molecule has 6 heteroatoms. The summed E-state index contributed by atoms with van der Waals surface area (Å²) in [6.07, 6.45) is 1.15. The first-order valence-electron chi connectivity index (χ1n) is 6.45. The fraction of sp³-hybridized carbons (Fsp3) is 0.615. The molecule has 0 bridgehead atoms. The number of carboxylic acid groups (broad SMARTS) is 1. The molecule has 0 saturated carbocycles. The van der Waals surface area contributed by atoms with Crippen LogP contribution in [0.25, 0.3) is 0 Å². The molecule has 1 aliphatic heterocycles. The molecule has 1 amide bonds. The van der Waals surface area contributed by atoms with E-state index in [9.17, 15) is 9.59 Å². The van der Waals surface area contributed by atoms with Gasteiger partial charge < -0.3 is 10.0 Å². The minimum absolute atomic E-state index is 0.0167. The largest absolute Gasteiger partial charge is 0.481 e. The van der Waals surface area contributed by atoms with Crippen molar-refractivity contribution < 1.29 is 14.7 Å². The number of aliphatic carboxylic acids is 1. The highest BCUT2D eigenvalue weighted by molar-refractivity contribution is 7.09. The van der Waals surface area contributed by atoms with Crippen molar-refractivity contribution in [2.45, 2.75) is 26.7 Å². The minimum Gasteiger partial charge on any atom is -0.481 e. The number of aryl methyl sites for hydroxylation is 1. The van der Waals surface area contributed by atoms with Crippen LogP contribution >= 0.6 is 11.3 Å². The Morgan fingerprint density at radius 2 is 2.26 bits per heavy atom.